The Balaban J connectivity index is 1.87. The molecule has 22 heavy (non-hydrogen) atoms. The first-order valence-corrected chi connectivity index (χ1v) is 10.4. The van der Waals surface area contributed by atoms with E-state index >= 15 is 0 Å². The van der Waals surface area contributed by atoms with Crippen molar-refractivity contribution in [1.82, 2.24) is 14.1 Å². The summed E-state index contributed by atoms with van der Waals surface area (Å²) in [5.41, 5.74) is 0.154. The Morgan fingerprint density at radius 1 is 1.09 bits per heavy atom. The maximum absolute atomic E-state index is 11.6. The molecule has 2 aliphatic rings. The van der Waals surface area contributed by atoms with E-state index in [0.717, 1.165) is 19.0 Å². The minimum Gasteiger partial charge on any atom is -0.301 e. The highest BCUT2D eigenvalue weighted by atomic mass is 32.2. The van der Waals surface area contributed by atoms with E-state index in [0.29, 0.717) is 19.1 Å². The van der Waals surface area contributed by atoms with Crippen LogP contribution in [0.15, 0.2) is 0 Å². The van der Waals surface area contributed by atoms with Crippen molar-refractivity contribution in [3.63, 3.8) is 0 Å². The van der Waals surface area contributed by atoms with E-state index in [1.54, 1.807) is 4.31 Å². The Hall–Kier alpha value is -0.170. The molecule has 0 bridgehead atoms. The molecule has 2 rings (SSSR count). The van der Waals surface area contributed by atoms with Crippen LogP contribution in [-0.4, -0.2) is 79.6 Å². The third-order valence-corrected chi connectivity index (χ3v) is 6.70. The van der Waals surface area contributed by atoms with Gasteiger partial charge in [-0.3, -0.25) is 4.90 Å². The van der Waals surface area contributed by atoms with Crippen molar-refractivity contribution in [1.29, 1.82) is 0 Å². The summed E-state index contributed by atoms with van der Waals surface area (Å²) >= 11 is 0. The Labute approximate surface area is 136 Å². The number of sulfonamides is 1. The maximum atomic E-state index is 11.6. The van der Waals surface area contributed by atoms with Gasteiger partial charge in [0.15, 0.2) is 0 Å². The second kappa shape index (κ2) is 6.75. The zero-order valence-electron chi connectivity index (χ0n) is 14.9. The Bertz CT molecular complexity index is 468. The standard InChI is InChI=1S/C16H33N3O2S/c1-14(2)17-7-6-15(13-17)12-16(3,4)18-8-10-19(11-9-18)22(5,20)21/h14-15H,6-13H2,1-5H3. The van der Waals surface area contributed by atoms with Gasteiger partial charge in [0.25, 0.3) is 0 Å². The summed E-state index contributed by atoms with van der Waals surface area (Å²) in [6.45, 7) is 14.6. The number of hydrogen-bond donors (Lipinski definition) is 0. The lowest BCUT2D eigenvalue weighted by atomic mass is 9.88. The van der Waals surface area contributed by atoms with Crippen molar-refractivity contribution < 1.29 is 8.42 Å². The zero-order chi connectivity index (χ0) is 16.5. The molecular formula is C16H33N3O2S. The lowest BCUT2D eigenvalue weighted by molar-refractivity contribution is 0.0604. The van der Waals surface area contributed by atoms with Crippen molar-refractivity contribution in [2.75, 3.05) is 45.5 Å². The summed E-state index contributed by atoms with van der Waals surface area (Å²) < 4.78 is 24.9. The number of hydrogen-bond acceptors (Lipinski definition) is 4. The molecule has 6 heteroatoms. The minimum atomic E-state index is -3.03. The van der Waals surface area contributed by atoms with Crippen LogP contribution in [0.4, 0.5) is 0 Å². The van der Waals surface area contributed by atoms with Crippen LogP contribution >= 0.6 is 0 Å². The zero-order valence-corrected chi connectivity index (χ0v) is 15.7. The highest BCUT2D eigenvalue weighted by Crippen LogP contribution is 2.31. The third kappa shape index (κ3) is 4.43. The van der Waals surface area contributed by atoms with E-state index in [1.807, 2.05) is 0 Å². The molecule has 130 valence electrons. The second-order valence-electron chi connectivity index (χ2n) is 7.91. The topological polar surface area (TPSA) is 43.9 Å². The highest BCUT2D eigenvalue weighted by molar-refractivity contribution is 7.88. The normalized spacial score (nSPS) is 26.9. The van der Waals surface area contributed by atoms with Crippen molar-refractivity contribution >= 4 is 10.0 Å². The van der Waals surface area contributed by atoms with Gasteiger partial charge < -0.3 is 4.90 Å². The van der Waals surface area contributed by atoms with Gasteiger partial charge in [-0.1, -0.05) is 0 Å². The predicted octanol–water partition coefficient (Wildman–Crippen LogP) is 1.46. The molecule has 2 heterocycles. The fraction of sp³-hybridized carbons (Fsp3) is 1.00. The largest absolute Gasteiger partial charge is 0.301 e. The van der Waals surface area contributed by atoms with Crippen LogP contribution in [0, 0.1) is 5.92 Å². The molecule has 5 nitrogen and oxygen atoms in total. The van der Waals surface area contributed by atoms with Gasteiger partial charge in [0.1, 0.15) is 0 Å². The summed E-state index contributed by atoms with van der Waals surface area (Å²) in [5, 5.41) is 0. The van der Waals surface area contributed by atoms with E-state index in [-0.39, 0.29) is 5.54 Å². The van der Waals surface area contributed by atoms with E-state index in [9.17, 15) is 8.42 Å². The van der Waals surface area contributed by atoms with Gasteiger partial charge in [0.2, 0.25) is 10.0 Å². The number of likely N-dealkylation sites (tertiary alicyclic amines) is 1. The molecule has 0 aliphatic carbocycles. The number of piperazine rings is 1. The highest BCUT2D eigenvalue weighted by Gasteiger charge is 2.36. The lowest BCUT2D eigenvalue weighted by Gasteiger charge is -2.44. The van der Waals surface area contributed by atoms with E-state index in [1.165, 1.54) is 32.2 Å². The molecule has 2 fully saturated rings. The summed E-state index contributed by atoms with van der Waals surface area (Å²) in [6.07, 6.45) is 3.81. The second-order valence-corrected chi connectivity index (χ2v) is 9.89. The van der Waals surface area contributed by atoms with Crippen LogP contribution in [0.3, 0.4) is 0 Å². The van der Waals surface area contributed by atoms with E-state index < -0.39 is 10.0 Å². The maximum Gasteiger partial charge on any atom is 0.211 e. The molecule has 1 atom stereocenters. The first-order chi connectivity index (χ1) is 10.1. The average molecular weight is 332 g/mol. The van der Waals surface area contributed by atoms with Crippen LogP contribution in [0.25, 0.3) is 0 Å². The molecule has 2 aliphatic heterocycles. The third-order valence-electron chi connectivity index (χ3n) is 5.40. The molecule has 2 saturated heterocycles. The van der Waals surface area contributed by atoms with Gasteiger partial charge in [-0.25, -0.2) is 8.42 Å². The number of rotatable bonds is 5. The minimum absolute atomic E-state index is 0.154. The molecule has 0 amide bonds. The molecule has 1 unspecified atom stereocenters. The Morgan fingerprint density at radius 2 is 1.68 bits per heavy atom. The number of nitrogens with zero attached hydrogens (tertiary/aromatic N) is 3. The first kappa shape index (κ1) is 18.2. The van der Waals surface area contributed by atoms with Gasteiger partial charge in [-0.15, -0.1) is 0 Å². The van der Waals surface area contributed by atoms with Gasteiger partial charge in [-0.2, -0.15) is 4.31 Å². The summed E-state index contributed by atoms with van der Waals surface area (Å²) in [6, 6.07) is 0.645. The molecule has 0 aromatic rings. The Kier molecular flexibility index (Phi) is 5.58. The fourth-order valence-electron chi connectivity index (χ4n) is 3.96. The average Bonchev–Trinajstić information content (AvgIpc) is 2.86. The van der Waals surface area contributed by atoms with Crippen LogP contribution in [-0.2, 0) is 10.0 Å². The smallest absolute Gasteiger partial charge is 0.211 e. The van der Waals surface area contributed by atoms with Gasteiger partial charge in [-0.05, 0) is 53.0 Å². The molecule has 0 aromatic carbocycles. The van der Waals surface area contributed by atoms with Crippen molar-refractivity contribution in [3.05, 3.63) is 0 Å². The van der Waals surface area contributed by atoms with Crippen LogP contribution in [0.1, 0.15) is 40.5 Å². The van der Waals surface area contributed by atoms with Gasteiger partial charge in [0.05, 0.1) is 6.26 Å². The summed E-state index contributed by atoms with van der Waals surface area (Å²) in [7, 11) is -3.03. The van der Waals surface area contributed by atoms with E-state index in [2.05, 4.69) is 37.5 Å². The molecule has 0 saturated carbocycles. The van der Waals surface area contributed by atoms with Crippen LogP contribution in [0.5, 0.6) is 0 Å². The monoisotopic (exact) mass is 331 g/mol. The molecule has 0 N–H and O–H groups in total. The fourth-order valence-corrected chi connectivity index (χ4v) is 4.79. The van der Waals surface area contributed by atoms with Crippen molar-refractivity contribution in [2.45, 2.75) is 52.1 Å². The van der Waals surface area contributed by atoms with Crippen LogP contribution in [0.2, 0.25) is 0 Å². The van der Waals surface area contributed by atoms with E-state index in [4.69, 9.17) is 0 Å². The SMILES string of the molecule is CC(C)N1CCC(CC(C)(C)N2CCN(S(C)(=O)=O)CC2)C1. The van der Waals surface area contributed by atoms with Crippen LogP contribution < -0.4 is 0 Å². The van der Waals surface area contributed by atoms with Crippen molar-refractivity contribution in [2.24, 2.45) is 5.92 Å². The summed E-state index contributed by atoms with van der Waals surface area (Å²) in [5.74, 6) is 0.769. The Morgan fingerprint density at radius 3 is 2.14 bits per heavy atom. The van der Waals surface area contributed by atoms with Gasteiger partial charge >= 0.3 is 0 Å². The lowest BCUT2D eigenvalue weighted by Crippen LogP contribution is -2.56. The molecule has 0 aromatic heterocycles. The van der Waals surface area contributed by atoms with Crippen molar-refractivity contribution in [3.8, 4) is 0 Å². The molecule has 0 radical (unpaired) electrons. The molecule has 0 spiro atoms. The summed E-state index contributed by atoms with van der Waals surface area (Å²) in [4.78, 5) is 5.05. The van der Waals surface area contributed by atoms with Gasteiger partial charge in [0, 0.05) is 44.3 Å². The first-order valence-electron chi connectivity index (χ1n) is 8.54. The quantitative estimate of drug-likeness (QED) is 0.765. The predicted molar refractivity (Wildman–Crippen MR) is 91.5 cm³/mol. The molecular weight excluding hydrogens is 298 g/mol.